The molecule has 0 saturated heterocycles. The van der Waals surface area contributed by atoms with Crippen LogP contribution in [-0.2, 0) is 10.2 Å². The van der Waals surface area contributed by atoms with Crippen LogP contribution in [0.4, 0.5) is 10.5 Å². The van der Waals surface area contributed by atoms with Crippen molar-refractivity contribution in [2.45, 2.75) is 142 Å². The molecule has 1 aromatic rings. The molecule has 1 aliphatic carbocycles. The number of carbonyl (C=O) groups excluding carboxylic acids is 1. The summed E-state index contributed by atoms with van der Waals surface area (Å²) in [6.45, 7) is 15.6. The van der Waals surface area contributed by atoms with E-state index in [1.165, 1.54) is 37.7 Å². The number of ether oxygens (including phenoxy) is 2. The topological polar surface area (TPSA) is 59.6 Å². The van der Waals surface area contributed by atoms with Crippen LogP contribution in [0.3, 0.4) is 0 Å². The molecule has 200 valence electrons. The van der Waals surface area contributed by atoms with E-state index in [-0.39, 0.29) is 17.6 Å². The lowest BCUT2D eigenvalue weighted by Crippen LogP contribution is -2.42. The van der Waals surface area contributed by atoms with Crippen LogP contribution in [0.2, 0.25) is 0 Å². The van der Waals surface area contributed by atoms with Crippen LogP contribution in [0.1, 0.15) is 125 Å². The second-order valence-electron chi connectivity index (χ2n) is 11.9. The van der Waals surface area contributed by atoms with Crippen molar-refractivity contribution in [2.75, 3.05) is 11.9 Å². The first-order valence-corrected chi connectivity index (χ1v) is 14.1. The van der Waals surface area contributed by atoms with E-state index in [4.69, 9.17) is 9.47 Å². The zero-order valence-corrected chi connectivity index (χ0v) is 23.6. The third kappa shape index (κ3) is 10.7. The predicted molar refractivity (Wildman–Crippen MR) is 148 cm³/mol. The summed E-state index contributed by atoms with van der Waals surface area (Å²) in [5.74, 6) is 1.04. The van der Waals surface area contributed by atoms with Gasteiger partial charge >= 0.3 is 6.09 Å². The van der Waals surface area contributed by atoms with Crippen LogP contribution in [-0.4, -0.2) is 30.4 Å². The van der Waals surface area contributed by atoms with Crippen molar-refractivity contribution in [1.82, 2.24) is 5.32 Å². The fourth-order valence-electron chi connectivity index (χ4n) is 4.85. The van der Waals surface area contributed by atoms with Crippen molar-refractivity contribution in [1.29, 1.82) is 0 Å². The number of carbonyl (C=O) groups is 1. The highest BCUT2D eigenvalue weighted by Crippen LogP contribution is 2.38. The molecule has 1 amide bonds. The highest BCUT2D eigenvalue weighted by Gasteiger charge is 2.27. The van der Waals surface area contributed by atoms with E-state index in [0.717, 1.165) is 56.6 Å². The fourth-order valence-corrected chi connectivity index (χ4v) is 4.85. The molecule has 35 heavy (non-hydrogen) atoms. The van der Waals surface area contributed by atoms with Crippen LogP contribution in [0, 0.1) is 0 Å². The molecular weight excluding hydrogens is 436 g/mol. The van der Waals surface area contributed by atoms with Gasteiger partial charge in [0, 0.05) is 23.8 Å². The van der Waals surface area contributed by atoms with Gasteiger partial charge < -0.3 is 20.1 Å². The van der Waals surface area contributed by atoms with Gasteiger partial charge in [-0.25, -0.2) is 4.79 Å². The minimum atomic E-state index is -0.462. The molecule has 0 spiro atoms. The Kier molecular flexibility index (Phi) is 11.7. The van der Waals surface area contributed by atoms with E-state index in [1.807, 2.05) is 20.8 Å². The molecule has 5 nitrogen and oxygen atoms in total. The van der Waals surface area contributed by atoms with Crippen LogP contribution < -0.4 is 15.4 Å². The summed E-state index contributed by atoms with van der Waals surface area (Å²) in [6.07, 6.45) is 12.1. The lowest BCUT2D eigenvalue weighted by Gasteiger charge is -2.32. The smallest absolute Gasteiger partial charge is 0.407 e. The molecule has 1 aliphatic rings. The van der Waals surface area contributed by atoms with Crippen LogP contribution in [0.25, 0.3) is 0 Å². The highest BCUT2D eigenvalue weighted by molar-refractivity contribution is 5.68. The summed E-state index contributed by atoms with van der Waals surface area (Å²) in [6, 6.07) is 7.30. The van der Waals surface area contributed by atoms with Crippen molar-refractivity contribution < 1.29 is 14.3 Å². The van der Waals surface area contributed by atoms with Gasteiger partial charge in [-0.1, -0.05) is 65.9 Å². The summed E-state index contributed by atoms with van der Waals surface area (Å²) >= 11 is 0. The molecule has 0 heterocycles. The Morgan fingerprint density at radius 3 is 2.20 bits per heavy atom. The first-order valence-electron chi connectivity index (χ1n) is 14.1. The Hall–Kier alpha value is -1.91. The zero-order valence-electron chi connectivity index (χ0n) is 23.6. The Morgan fingerprint density at radius 1 is 0.914 bits per heavy atom. The molecule has 0 unspecified atom stereocenters. The van der Waals surface area contributed by atoms with E-state index in [0.29, 0.717) is 6.04 Å². The van der Waals surface area contributed by atoms with Crippen molar-refractivity contribution in [2.24, 2.45) is 0 Å². The normalized spacial score (nSPS) is 18.7. The second kappa shape index (κ2) is 14.0. The second-order valence-corrected chi connectivity index (χ2v) is 11.9. The Labute approximate surface area is 215 Å². The van der Waals surface area contributed by atoms with Gasteiger partial charge in [-0.3, -0.25) is 0 Å². The molecule has 0 radical (unpaired) electrons. The van der Waals surface area contributed by atoms with Gasteiger partial charge in [0.1, 0.15) is 11.4 Å². The number of amides is 1. The Bertz CT molecular complexity index is 761. The van der Waals surface area contributed by atoms with E-state index < -0.39 is 5.60 Å². The van der Waals surface area contributed by atoms with E-state index in [9.17, 15) is 4.79 Å². The van der Waals surface area contributed by atoms with Gasteiger partial charge in [0.15, 0.2) is 0 Å². The molecule has 2 rings (SSSR count). The highest BCUT2D eigenvalue weighted by atomic mass is 16.6. The first kappa shape index (κ1) is 29.3. The number of benzene rings is 1. The molecule has 0 aliphatic heterocycles. The molecule has 0 atom stereocenters. The van der Waals surface area contributed by atoms with Crippen LogP contribution in [0.5, 0.6) is 5.75 Å². The summed E-state index contributed by atoms with van der Waals surface area (Å²) in [5.41, 5.74) is 2.08. The molecule has 1 fully saturated rings. The maximum Gasteiger partial charge on any atom is 0.407 e. The standard InChI is InChI=1S/C30H52N2O3/c1-8-10-12-13-21-34-27-22-25(18-19-26(27)30(6,7)20-11-9-2)31-23-14-16-24(17-15-23)32-28(33)35-29(3,4)5/h18-19,22-24,31H,8-17,20-21H2,1-7H3,(H,32,33). The maximum atomic E-state index is 12.1. The number of nitrogens with one attached hydrogen (secondary N) is 2. The lowest BCUT2D eigenvalue weighted by molar-refractivity contribution is 0.0492. The van der Waals surface area contributed by atoms with Gasteiger partial charge in [-0.15, -0.1) is 0 Å². The van der Waals surface area contributed by atoms with E-state index in [2.05, 4.69) is 56.5 Å². The van der Waals surface area contributed by atoms with Crippen molar-refractivity contribution in [3.63, 3.8) is 0 Å². The maximum absolute atomic E-state index is 12.1. The fraction of sp³-hybridized carbons (Fsp3) is 0.767. The van der Waals surface area contributed by atoms with Crippen molar-refractivity contribution >= 4 is 11.8 Å². The van der Waals surface area contributed by atoms with Gasteiger partial charge in [-0.2, -0.15) is 0 Å². The number of unbranched alkanes of at least 4 members (excludes halogenated alkanes) is 4. The van der Waals surface area contributed by atoms with Gasteiger partial charge in [0.2, 0.25) is 0 Å². The average molecular weight is 489 g/mol. The third-order valence-electron chi connectivity index (χ3n) is 6.94. The molecule has 0 bridgehead atoms. The summed E-state index contributed by atoms with van der Waals surface area (Å²) in [7, 11) is 0. The van der Waals surface area contributed by atoms with Crippen LogP contribution >= 0.6 is 0 Å². The molecule has 1 saturated carbocycles. The number of rotatable bonds is 13. The average Bonchev–Trinajstić information content (AvgIpc) is 2.77. The predicted octanol–water partition coefficient (Wildman–Crippen LogP) is 8.36. The van der Waals surface area contributed by atoms with E-state index >= 15 is 0 Å². The third-order valence-corrected chi connectivity index (χ3v) is 6.94. The lowest BCUT2D eigenvalue weighted by atomic mass is 9.79. The Morgan fingerprint density at radius 2 is 1.57 bits per heavy atom. The quantitative estimate of drug-likeness (QED) is 0.274. The molecular formula is C30H52N2O3. The number of anilines is 1. The zero-order chi connectivity index (χ0) is 25.9. The SMILES string of the molecule is CCCCCCOc1cc(NC2CCC(NC(=O)OC(C)(C)C)CC2)ccc1C(C)(C)CCCC. The summed E-state index contributed by atoms with van der Waals surface area (Å²) in [4.78, 5) is 12.1. The largest absolute Gasteiger partial charge is 0.493 e. The van der Waals surface area contributed by atoms with Gasteiger partial charge in [0.25, 0.3) is 0 Å². The van der Waals surface area contributed by atoms with E-state index in [1.54, 1.807) is 0 Å². The Balaban J connectivity index is 1.98. The van der Waals surface area contributed by atoms with Crippen molar-refractivity contribution in [3.8, 4) is 5.75 Å². The minimum Gasteiger partial charge on any atom is -0.493 e. The monoisotopic (exact) mass is 488 g/mol. The number of alkyl carbamates (subject to hydrolysis) is 1. The van der Waals surface area contributed by atoms with Crippen LogP contribution in [0.15, 0.2) is 18.2 Å². The number of hydrogen-bond acceptors (Lipinski definition) is 4. The van der Waals surface area contributed by atoms with Crippen molar-refractivity contribution in [3.05, 3.63) is 23.8 Å². The minimum absolute atomic E-state index is 0.0959. The molecule has 2 N–H and O–H groups in total. The van der Waals surface area contributed by atoms with Gasteiger partial charge in [0.05, 0.1) is 6.61 Å². The first-order chi connectivity index (χ1) is 16.5. The summed E-state index contributed by atoms with van der Waals surface area (Å²) in [5, 5.41) is 6.78. The van der Waals surface area contributed by atoms with Gasteiger partial charge in [-0.05, 0) is 76.3 Å². The number of hydrogen-bond donors (Lipinski definition) is 2. The molecule has 0 aromatic heterocycles. The summed E-state index contributed by atoms with van der Waals surface area (Å²) < 4.78 is 11.8. The molecule has 5 heteroatoms. The molecule has 1 aromatic carbocycles.